The second kappa shape index (κ2) is 7.67. The van der Waals surface area contributed by atoms with Crippen molar-refractivity contribution < 1.29 is 5.02 Å². The molecule has 1 N–H and O–H groups in total. The van der Waals surface area contributed by atoms with Crippen LogP contribution in [0.3, 0.4) is 0 Å². The van der Waals surface area contributed by atoms with E-state index in [1.54, 1.807) is 0 Å². The van der Waals surface area contributed by atoms with Crippen LogP contribution in [0.1, 0.15) is 0 Å². The second-order valence-corrected chi connectivity index (χ2v) is 8.19. The molecule has 0 aromatic heterocycles. The second-order valence-electron chi connectivity index (χ2n) is 8.19. The van der Waals surface area contributed by atoms with Crippen molar-refractivity contribution in [2.75, 3.05) is 0 Å². The van der Waals surface area contributed by atoms with Gasteiger partial charge >= 0.3 is 7.48 Å². The predicted molar refractivity (Wildman–Crippen MR) is 137 cm³/mol. The predicted octanol–water partition coefficient (Wildman–Crippen LogP) is 6.72. The lowest BCUT2D eigenvalue weighted by Crippen LogP contribution is -2.12. The molecule has 149 valence electrons. The molecule has 0 saturated carbocycles. The van der Waals surface area contributed by atoms with Crippen molar-refractivity contribution >= 4 is 45.3 Å². The van der Waals surface area contributed by atoms with Gasteiger partial charge in [0.2, 0.25) is 0 Å². The zero-order valence-corrected chi connectivity index (χ0v) is 17.5. The van der Waals surface area contributed by atoms with Gasteiger partial charge in [0, 0.05) is 0 Å². The summed E-state index contributed by atoms with van der Waals surface area (Å²) in [6, 6.07) is 40.7. The average Bonchev–Trinajstić information content (AvgIpc) is 2.88. The third-order valence-corrected chi connectivity index (χ3v) is 6.31. The van der Waals surface area contributed by atoms with Gasteiger partial charge in [-0.25, -0.2) is 0 Å². The first-order valence-corrected chi connectivity index (χ1v) is 10.8. The maximum absolute atomic E-state index is 9.38. The summed E-state index contributed by atoms with van der Waals surface area (Å²) < 4.78 is 0. The van der Waals surface area contributed by atoms with Crippen molar-refractivity contribution in [3.05, 3.63) is 115 Å². The van der Waals surface area contributed by atoms with Gasteiger partial charge in [0.15, 0.2) is 0 Å². The molecular weight excluding hydrogens is 387 g/mol. The van der Waals surface area contributed by atoms with E-state index >= 15 is 0 Å². The Bertz CT molecular complexity index is 1580. The molecule has 0 aliphatic heterocycles. The number of hydrogen-bond acceptors (Lipinski definition) is 1. The highest BCUT2D eigenvalue weighted by Gasteiger charge is 2.10. The summed E-state index contributed by atoms with van der Waals surface area (Å²) in [5.41, 5.74) is 5.41. The topological polar surface area (TPSA) is 20.2 Å². The molecule has 0 spiro atoms. The highest BCUT2D eigenvalue weighted by molar-refractivity contribution is 6.45. The lowest BCUT2D eigenvalue weighted by molar-refractivity contribution is 0.615. The van der Waals surface area contributed by atoms with Crippen molar-refractivity contribution in [3.63, 3.8) is 0 Å². The first kappa shape index (κ1) is 18.9. The molecule has 0 aliphatic carbocycles. The van der Waals surface area contributed by atoms with E-state index in [9.17, 15) is 5.02 Å². The summed E-state index contributed by atoms with van der Waals surface area (Å²) in [6.07, 6.45) is 0. The Morgan fingerprint density at radius 1 is 0.375 bits per heavy atom. The standard InChI is InChI=1S/C30H20BO/c32-31-24-10-6-9-22(18-24)20-7-5-8-21(17-20)23-15-16-29-27-13-2-1-11-25(27)26-12-3-4-14-28(26)30(29)19-23/h1-19,32H. The van der Waals surface area contributed by atoms with Crippen LogP contribution in [0, 0.1) is 0 Å². The third-order valence-electron chi connectivity index (χ3n) is 6.31. The first-order valence-electron chi connectivity index (χ1n) is 10.8. The van der Waals surface area contributed by atoms with E-state index in [0.29, 0.717) is 0 Å². The highest BCUT2D eigenvalue weighted by Crippen LogP contribution is 2.37. The van der Waals surface area contributed by atoms with E-state index in [0.717, 1.165) is 24.1 Å². The van der Waals surface area contributed by atoms with Crippen LogP contribution in [0.4, 0.5) is 0 Å². The van der Waals surface area contributed by atoms with E-state index in [2.05, 4.69) is 97.1 Å². The maximum Gasteiger partial charge on any atom is 0.326 e. The van der Waals surface area contributed by atoms with Gasteiger partial charge in [0.1, 0.15) is 0 Å². The monoisotopic (exact) mass is 407 g/mol. The van der Waals surface area contributed by atoms with Crippen molar-refractivity contribution in [2.24, 2.45) is 0 Å². The van der Waals surface area contributed by atoms with Gasteiger partial charge in [-0.15, -0.1) is 0 Å². The number of hydrogen-bond donors (Lipinski definition) is 1. The molecule has 0 heterocycles. The summed E-state index contributed by atoms with van der Waals surface area (Å²) in [6.45, 7) is 0. The molecule has 6 aromatic rings. The lowest BCUT2D eigenvalue weighted by atomic mass is 9.86. The van der Waals surface area contributed by atoms with Crippen molar-refractivity contribution in [3.8, 4) is 22.3 Å². The highest BCUT2D eigenvalue weighted by atomic mass is 16.2. The van der Waals surface area contributed by atoms with Gasteiger partial charge in [-0.2, -0.15) is 0 Å². The molecule has 0 amide bonds. The lowest BCUT2D eigenvalue weighted by Gasteiger charge is -2.12. The fraction of sp³-hybridized carbons (Fsp3) is 0. The normalized spacial score (nSPS) is 11.3. The zero-order valence-electron chi connectivity index (χ0n) is 17.5. The molecule has 0 unspecified atom stereocenters. The quantitative estimate of drug-likeness (QED) is 0.255. The summed E-state index contributed by atoms with van der Waals surface area (Å²) in [4.78, 5) is 0. The van der Waals surface area contributed by atoms with Gasteiger partial charge in [0.05, 0.1) is 0 Å². The molecule has 0 fully saturated rings. The average molecular weight is 407 g/mol. The van der Waals surface area contributed by atoms with E-state index in [1.807, 2.05) is 18.2 Å². The van der Waals surface area contributed by atoms with Gasteiger partial charge in [-0.1, -0.05) is 109 Å². The van der Waals surface area contributed by atoms with E-state index in [4.69, 9.17) is 0 Å². The molecule has 0 atom stereocenters. The number of fused-ring (bicyclic) bond motifs is 6. The SMILES string of the molecule is O[B]c1cccc(-c2cccc(-c3ccc4c5ccccc5c5ccccc5c4c3)c2)c1. The van der Waals surface area contributed by atoms with Crippen molar-refractivity contribution in [1.29, 1.82) is 0 Å². The summed E-state index contributed by atoms with van der Waals surface area (Å²) >= 11 is 0. The van der Waals surface area contributed by atoms with Crippen LogP contribution in [0.2, 0.25) is 0 Å². The Morgan fingerprint density at radius 2 is 0.844 bits per heavy atom. The summed E-state index contributed by atoms with van der Waals surface area (Å²) in [7, 11) is 1.14. The molecule has 0 bridgehead atoms. The molecule has 32 heavy (non-hydrogen) atoms. The first-order chi connectivity index (χ1) is 15.8. The third kappa shape index (κ3) is 3.08. The van der Waals surface area contributed by atoms with Crippen LogP contribution >= 0.6 is 0 Å². The van der Waals surface area contributed by atoms with Gasteiger partial charge in [-0.3, -0.25) is 0 Å². The summed E-state index contributed by atoms with van der Waals surface area (Å²) in [5, 5.41) is 17.1. The Hall–Kier alpha value is -3.88. The molecule has 1 radical (unpaired) electrons. The Morgan fingerprint density at radius 3 is 1.44 bits per heavy atom. The van der Waals surface area contributed by atoms with Gasteiger partial charge in [0.25, 0.3) is 0 Å². The smallest absolute Gasteiger partial charge is 0.326 e. The van der Waals surface area contributed by atoms with Crippen LogP contribution < -0.4 is 5.46 Å². The molecule has 2 heteroatoms. The van der Waals surface area contributed by atoms with Crippen LogP contribution in [0.5, 0.6) is 0 Å². The Balaban J connectivity index is 1.57. The van der Waals surface area contributed by atoms with E-state index in [-0.39, 0.29) is 0 Å². The van der Waals surface area contributed by atoms with Crippen LogP contribution in [0.15, 0.2) is 115 Å². The molecule has 6 aromatic carbocycles. The largest absolute Gasteiger partial charge is 0.450 e. The number of benzene rings is 6. The molecule has 1 nitrogen and oxygen atoms in total. The minimum atomic E-state index is 0.803. The number of rotatable bonds is 3. The fourth-order valence-corrected chi connectivity index (χ4v) is 4.76. The van der Waals surface area contributed by atoms with Gasteiger partial charge < -0.3 is 5.02 Å². The van der Waals surface area contributed by atoms with E-state index in [1.165, 1.54) is 43.4 Å². The fourth-order valence-electron chi connectivity index (χ4n) is 4.76. The summed E-state index contributed by atoms with van der Waals surface area (Å²) in [5.74, 6) is 0. The van der Waals surface area contributed by atoms with Crippen LogP contribution in [0.25, 0.3) is 54.6 Å². The van der Waals surface area contributed by atoms with Crippen LogP contribution in [-0.2, 0) is 0 Å². The Labute approximate surface area is 187 Å². The molecule has 0 saturated heterocycles. The van der Waals surface area contributed by atoms with Crippen LogP contribution in [-0.4, -0.2) is 12.5 Å². The zero-order chi connectivity index (χ0) is 21.5. The minimum absolute atomic E-state index is 0.803. The van der Waals surface area contributed by atoms with Gasteiger partial charge in [-0.05, 0) is 66.7 Å². The molecule has 0 aliphatic rings. The Kier molecular flexibility index (Phi) is 4.52. The maximum atomic E-state index is 9.38. The molecular formula is C30H20BO. The van der Waals surface area contributed by atoms with E-state index < -0.39 is 0 Å². The van der Waals surface area contributed by atoms with Crippen molar-refractivity contribution in [2.45, 2.75) is 0 Å². The minimum Gasteiger partial charge on any atom is -0.450 e. The molecule has 6 rings (SSSR count). The van der Waals surface area contributed by atoms with Crippen molar-refractivity contribution in [1.82, 2.24) is 0 Å².